The van der Waals surface area contributed by atoms with Gasteiger partial charge in [-0.05, 0) is 13.3 Å². The summed E-state index contributed by atoms with van der Waals surface area (Å²) in [5.41, 5.74) is 1.23. The van der Waals surface area contributed by atoms with Crippen molar-refractivity contribution in [2.45, 2.75) is 26.8 Å². The molecule has 3 rings (SSSR count). The van der Waals surface area contributed by atoms with Crippen molar-refractivity contribution < 1.29 is 0 Å². The molecule has 4 nitrogen and oxygen atoms in total. The van der Waals surface area contributed by atoms with E-state index < -0.39 is 0 Å². The van der Waals surface area contributed by atoms with Gasteiger partial charge in [0.2, 0.25) is 0 Å². The summed E-state index contributed by atoms with van der Waals surface area (Å²) in [6.07, 6.45) is 3.01. The number of aromatic nitrogens is 2. The fourth-order valence-corrected chi connectivity index (χ4v) is 3.95. The summed E-state index contributed by atoms with van der Waals surface area (Å²) in [5, 5.41) is 4.62. The summed E-state index contributed by atoms with van der Waals surface area (Å²) >= 11 is 3.57. The zero-order valence-electron chi connectivity index (χ0n) is 12.0. The Morgan fingerprint density at radius 1 is 1.25 bits per heavy atom. The van der Waals surface area contributed by atoms with Crippen molar-refractivity contribution in [3.63, 3.8) is 0 Å². The number of anilines is 1. The molecule has 0 amide bonds. The summed E-state index contributed by atoms with van der Waals surface area (Å²) in [7, 11) is 0. The third kappa shape index (κ3) is 3.19. The van der Waals surface area contributed by atoms with E-state index in [0.29, 0.717) is 0 Å². The first kappa shape index (κ1) is 14.0. The standard InChI is InChI=1S/C14H20N4S2/c1-3-13-16-12(10-19-13)9-17-4-6-18(7-5-17)14-15-8-11(2)20-14/h8,10H,3-7,9H2,1-2H3. The van der Waals surface area contributed by atoms with Crippen LogP contribution in [0, 0.1) is 6.92 Å². The molecule has 0 aromatic carbocycles. The van der Waals surface area contributed by atoms with Gasteiger partial charge in [0.25, 0.3) is 0 Å². The molecule has 2 aromatic rings. The van der Waals surface area contributed by atoms with E-state index >= 15 is 0 Å². The molecule has 20 heavy (non-hydrogen) atoms. The van der Waals surface area contributed by atoms with Crippen molar-refractivity contribution in [2.75, 3.05) is 31.1 Å². The second-order valence-electron chi connectivity index (χ2n) is 5.10. The van der Waals surface area contributed by atoms with Crippen LogP contribution in [0.2, 0.25) is 0 Å². The van der Waals surface area contributed by atoms with Crippen molar-refractivity contribution in [1.82, 2.24) is 14.9 Å². The Kier molecular flexibility index (Phi) is 4.33. The Morgan fingerprint density at radius 2 is 2.05 bits per heavy atom. The summed E-state index contributed by atoms with van der Waals surface area (Å²) in [6.45, 7) is 9.59. The van der Waals surface area contributed by atoms with Crippen LogP contribution in [-0.4, -0.2) is 41.0 Å². The maximum Gasteiger partial charge on any atom is 0.185 e. The van der Waals surface area contributed by atoms with Gasteiger partial charge in [-0.15, -0.1) is 22.7 Å². The number of rotatable bonds is 4. The van der Waals surface area contributed by atoms with Gasteiger partial charge in [-0.1, -0.05) is 6.92 Å². The Labute approximate surface area is 128 Å². The first-order chi connectivity index (χ1) is 9.74. The van der Waals surface area contributed by atoms with Gasteiger partial charge < -0.3 is 4.90 Å². The lowest BCUT2D eigenvalue weighted by molar-refractivity contribution is 0.247. The van der Waals surface area contributed by atoms with Crippen molar-refractivity contribution in [3.05, 3.63) is 27.2 Å². The predicted octanol–water partition coefficient (Wildman–Crippen LogP) is 2.79. The number of piperazine rings is 1. The van der Waals surface area contributed by atoms with Gasteiger partial charge in [-0.2, -0.15) is 0 Å². The molecular weight excluding hydrogens is 288 g/mol. The smallest absolute Gasteiger partial charge is 0.185 e. The van der Waals surface area contributed by atoms with Crippen LogP contribution < -0.4 is 4.90 Å². The summed E-state index contributed by atoms with van der Waals surface area (Å²) < 4.78 is 0. The maximum atomic E-state index is 4.66. The number of hydrogen-bond acceptors (Lipinski definition) is 6. The Balaban J connectivity index is 1.53. The first-order valence-corrected chi connectivity index (χ1v) is 8.77. The van der Waals surface area contributed by atoms with E-state index in [1.807, 2.05) is 6.20 Å². The first-order valence-electron chi connectivity index (χ1n) is 7.07. The summed E-state index contributed by atoms with van der Waals surface area (Å²) in [4.78, 5) is 15.3. The van der Waals surface area contributed by atoms with Crippen molar-refractivity contribution >= 4 is 27.8 Å². The van der Waals surface area contributed by atoms with Crippen molar-refractivity contribution in [3.8, 4) is 0 Å². The summed E-state index contributed by atoms with van der Waals surface area (Å²) in [5.74, 6) is 0. The van der Waals surface area contributed by atoms with Crippen LogP contribution in [-0.2, 0) is 13.0 Å². The molecule has 0 aliphatic carbocycles. The predicted molar refractivity (Wildman–Crippen MR) is 85.8 cm³/mol. The van der Waals surface area contributed by atoms with Crippen LogP contribution in [0.15, 0.2) is 11.6 Å². The highest BCUT2D eigenvalue weighted by molar-refractivity contribution is 7.15. The van der Waals surface area contributed by atoms with Gasteiger partial charge in [-0.3, -0.25) is 4.90 Å². The second kappa shape index (κ2) is 6.20. The lowest BCUT2D eigenvalue weighted by Gasteiger charge is -2.34. The second-order valence-corrected chi connectivity index (χ2v) is 7.26. The highest BCUT2D eigenvalue weighted by atomic mass is 32.1. The average molecular weight is 308 g/mol. The van der Waals surface area contributed by atoms with Crippen LogP contribution in [0.4, 0.5) is 5.13 Å². The van der Waals surface area contributed by atoms with Crippen LogP contribution in [0.1, 0.15) is 22.5 Å². The van der Waals surface area contributed by atoms with E-state index in [1.54, 1.807) is 22.7 Å². The monoisotopic (exact) mass is 308 g/mol. The third-order valence-electron chi connectivity index (χ3n) is 3.54. The minimum atomic E-state index is 0.987. The summed E-state index contributed by atoms with van der Waals surface area (Å²) in [6, 6.07) is 0. The van der Waals surface area contributed by atoms with E-state index in [4.69, 9.17) is 0 Å². The lowest BCUT2D eigenvalue weighted by atomic mass is 10.3. The highest BCUT2D eigenvalue weighted by Crippen LogP contribution is 2.23. The largest absolute Gasteiger partial charge is 0.346 e. The van der Waals surface area contributed by atoms with E-state index in [-0.39, 0.29) is 0 Å². The lowest BCUT2D eigenvalue weighted by Crippen LogP contribution is -2.46. The molecule has 6 heteroatoms. The fourth-order valence-electron chi connectivity index (χ4n) is 2.40. The molecule has 0 N–H and O–H groups in total. The molecule has 0 unspecified atom stereocenters. The average Bonchev–Trinajstić information content (AvgIpc) is 3.09. The molecule has 1 saturated heterocycles. The quantitative estimate of drug-likeness (QED) is 0.869. The van der Waals surface area contributed by atoms with Crippen molar-refractivity contribution in [2.24, 2.45) is 0 Å². The van der Waals surface area contributed by atoms with E-state index in [0.717, 1.165) is 39.1 Å². The maximum absolute atomic E-state index is 4.66. The molecule has 0 spiro atoms. The van der Waals surface area contributed by atoms with Gasteiger partial charge in [0.1, 0.15) is 0 Å². The topological polar surface area (TPSA) is 32.3 Å². The molecule has 2 aromatic heterocycles. The highest BCUT2D eigenvalue weighted by Gasteiger charge is 2.19. The van der Waals surface area contributed by atoms with Gasteiger partial charge in [0, 0.05) is 49.2 Å². The van der Waals surface area contributed by atoms with Crippen LogP contribution in [0.5, 0.6) is 0 Å². The van der Waals surface area contributed by atoms with E-state index in [9.17, 15) is 0 Å². The molecule has 0 saturated carbocycles. The normalized spacial score (nSPS) is 16.8. The van der Waals surface area contributed by atoms with Gasteiger partial charge in [0.15, 0.2) is 5.13 Å². The number of nitrogens with zero attached hydrogens (tertiary/aromatic N) is 4. The van der Waals surface area contributed by atoms with Crippen molar-refractivity contribution in [1.29, 1.82) is 0 Å². The molecule has 1 aliphatic rings. The van der Waals surface area contributed by atoms with Crippen LogP contribution in [0.3, 0.4) is 0 Å². The Hall–Kier alpha value is -0.980. The van der Waals surface area contributed by atoms with Crippen LogP contribution >= 0.6 is 22.7 Å². The molecule has 0 bridgehead atoms. The zero-order chi connectivity index (χ0) is 13.9. The minimum Gasteiger partial charge on any atom is -0.346 e. The SMILES string of the molecule is CCc1nc(CN2CCN(c3ncc(C)s3)CC2)cs1. The van der Waals surface area contributed by atoms with Gasteiger partial charge >= 0.3 is 0 Å². The molecule has 0 atom stereocenters. The number of hydrogen-bond donors (Lipinski definition) is 0. The molecular formula is C14H20N4S2. The molecule has 1 fully saturated rings. The Morgan fingerprint density at radius 3 is 2.65 bits per heavy atom. The number of thiazole rings is 2. The molecule has 0 radical (unpaired) electrons. The van der Waals surface area contributed by atoms with E-state index in [2.05, 4.69) is 39.0 Å². The van der Waals surface area contributed by atoms with E-state index in [1.165, 1.54) is 20.7 Å². The number of aryl methyl sites for hydroxylation is 2. The Bertz CT molecular complexity index is 555. The van der Waals surface area contributed by atoms with Crippen LogP contribution in [0.25, 0.3) is 0 Å². The minimum absolute atomic E-state index is 0.987. The molecule has 3 heterocycles. The molecule has 1 aliphatic heterocycles. The fraction of sp³-hybridized carbons (Fsp3) is 0.571. The molecule has 108 valence electrons. The van der Waals surface area contributed by atoms with Gasteiger partial charge in [0.05, 0.1) is 10.7 Å². The zero-order valence-corrected chi connectivity index (χ0v) is 13.6. The van der Waals surface area contributed by atoms with Gasteiger partial charge in [-0.25, -0.2) is 9.97 Å². The third-order valence-corrected chi connectivity index (χ3v) is 5.55.